The zero-order chi connectivity index (χ0) is 19.8. The van der Waals surface area contributed by atoms with E-state index < -0.39 is 5.82 Å². The summed E-state index contributed by atoms with van der Waals surface area (Å²) in [6.07, 6.45) is 4.54. The quantitative estimate of drug-likeness (QED) is 0.427. The van der Waals surface area contributed by atoms with Crippen molar-refractivity contribution in [2.75, 3.05) is 18.4 Å². The number of aromatic hydroxyl groups is 1. The second kappa shape index (κ2) is 7.14. The second-order valence-electron chi connectivity index (χ2n) is 7.11. The van der Waals surface area contributed by atoms with Gasteiger partial charge in [-0.1, -0.05) is 6.07 Å². The van der Waals surface area contributed by atoms with Crippen molar-refractivity contribution in [3.8, 4) is 28.3 Å². The lowest BCUT2D eigenvalue weighted by Gasteiger charge is -2.16. The lowest BCUT2D eigenvalue weighted by atomic mass is 10.1. The molecule has 1 saturated heterocycles. The van der Waals surface area contributed by atoms with Crippen LogP contribution in [-0.4, -0.2) is 44.4 Å². The topological polar surface area (TPSA) is 98.8 Å². The van der Waals surface area contributed by atoms with Gasteiger partial charge in [0.2, 0.25) is 0 Å². The molecule has 1 atom stereocenters. The molecular formula is C21H19FN6O. The van der Waals surface area contributed by atoms with Crippen molar-refractivity contribution in [1.82, 2.24) is 25.5 Å². The first-order valence-electron chi connectivity index (χ1n) is 9.44. The van der Waals surface area contributed by atoms with Crippen molar-refractivity contribution in [3.63, 3.8) is 0 Å². The first kappa shape index (κ1) is 17.6. The van der Waals surface area contributed by atoms with Crippen molar-refractivity contribution < 1.29 is 9.50 Å². The third-order valence-corrected chi connectivity index (χ3v) is 5.13. The molecule has 0 aliphatic carbocycles. The lowest BCUT2D eigenvalue weighted by molar-refractivity contribution is 0.475. The fraction of sp³-hybridized carbons (Fsp3) is 0.190. The zero-order valence-electron chi connectivity index (χ0n) is 15.5. The highest BCUT2D eigenvalue weighted by Gasteiger charge is 2.19. The smallest absolute Gasteiger partial charge is 0.165 e. The molecule has 29 heavy (non-hydrogen) atoms. The number of hydrogen-bond acceptors (Lipinski definition) is 6. The van der Waals surface area contributed by atoms with Gasteiger partial charge in [0, 0.05) is 29.7 Å². The Labute approximate surface area is 166 Å². The minimum atomic E-state index is -0.455. The maximum absolute atomic E-state index is 13.8. The molecule has 0 amide bonds. The van der Waals surface area contributed by atoms with Gasteiger partial charge in [-0.05, 0) is 48.9 Å². The van der Waals surface area contributed by atoms with Crippen LogP contribution >= 0.6 is 0 Å². The first-order chi connectivity index (χ1) is 14.2. The fourth-order valence-electron chi connectivity index (χ4n) is 3.61. The van der Waals surface area contributed by atoms with Crippen LogP contribution in [0.25, 0.3) is 33.4 Å². The maximum Gasteiger partial charge on any atom is 0.165 e. The molecule has 5 rings (SSSR count). The Bertz CT molecular complexity index is 1170. The number of aromatic amines is 1. The predicted octanol–water partition coefficient (Wildman–Crippen LogP) is 3.31. The van der Waals surface area contributed by atoms with Gasteiger partial charge >= 0.3 is 0 Å². The average molecular weight is 390 g/mol. The van der Waals surface area contributed by atoms with Crippen LogP contribution in [-0.2, 0) is 0 Å². The number of fused-ring (bicyclic) bond motifs is 1. The summed E-state index contributed by atoms with van der Waals surface area (Å²) in [5.74, 6) is 0.418. The molecule has 2 aromatic heterocycles. The summed E-state index contributed by atoms with van der Waals surface area (Å²) in [6, 6.07) is 9.92. The van der Waals surface area contributed by atoms with Crippen molar-refractivity contribution in [2.45, 2.75) is 12.5 Å². The molecule has 0 unspecified atom stereocenters. The minimum absolute atomic E-state index is 0.0646. The molecule has 1 aliphatic heterocycles. The van der Waals surface area contributed by atoms with Crippen LogP contribution in [0.3, 0.4) is 0 Å². The van der Waals surface area contributed by atoms with Gasteiger partial charge in [-0.25, -0.2) is 14.4 Å². The number of rotatable bonds is 4. The summed E-state index contributed by atoms with van der Waals surface area (Å²) in [4.78, 5) is 9.26. The molecule has 0 bridgehead atoms. The standard InChI is InChI=1S/C21H19FN6O/c22-14-2-4-19(29)17(8-14)21-27-18-7-12(13-9-24-25-10-13)1-3-16(18)20(28-21)26-15-5-6-23-11-15/h1-4,7-10,15,23,29H,5-6,11H2,(H,24,25)(H,26,27,28)/t15-/m0/s1. The molecule has 146 valence electrons. The number of phenolic OH excluding ortho intramolecular Hbond substituents is 1. The van der Waals surface area contributed by atoms with E-state index in [-0.39, 0.29) is 23.2 Å². The van der Waals surface area contributed by atoms with Crippen molar-refractivity contribution in [3.05, 3.63) is 54.6 Å². The molecule has 8 heteroatoms. The SMILES string of the molecule is Oc1ccc(F)cc1-c1nc(N[C@H]2CCNC2)c2ccc(-c3cn[nH]c3)cc2n1. The van der Waals surface area contributed by atoms with Crippen LogP contribution in [0.4, 0.5) is 10.2 Å². The average Bonchev–Trinajstić information content (AvgIpc) is 3.43. The summed E-state index contributed by atoms with van der Waals surface area (Å²) < 4.78 is 13.8. The molecule has 4 N–H and O–H groups in total. The normalized spacial score (nSPS) is 16.4. The molecular weight excluding hydrogens is 371 g/mol. The fourth-order valence-corrected chi connectivity index (χ4v) is 3.61. The van der Waals surface area contributed by atoms with Crippen LogP contribution in [0.2, 0.25) is 0 Å². The number of nitrogens with one attached hydrogen (secondary N) is 3. The van der Waals surface area contributed by atoms with Gasteiger partial charge in [0.25, 0.3) is 0 Å². The molecule has 1 aliphatic rings. The van der Waals surface area contributed by atoms with Crippen LogP contribution in [0, 0.1) is 5.82 Å². The lowest BCUT2D eigenvalue weighted by Crippen LogP contribution is -2.23. The van der Waals surface area contributed by atoms with Gasteiger partial charge in [-0.3, -0.25) is 5.10 Å². The first-order valence-corrected chi connectivity index (χ1v) is 9.44. The van der Waals surface area contributed by atoms with E-state index >= 15 is 0 Å². The van der Waals surface area contributed by atoms with Gasteiger partial charge in [-0.2, -0.15) is 5.10 Å². The van der Waals surface area contributed by atoms with E-state index in [2.05, 4.69) is 30.8 Å². The molecule has 7 nitrogen and oxygen atoms in total. The molecule has 0 radical (unpaired) electrons. The van der Waals surface area contributed by atoms with E-state index in [0.29, 0.717) is 11.3 Å². The number of halogens is 1. The highest BCUT2D eigenvalue weighted by atomic mass is 19.1. The number of benzene rings is 2. The summed E-state index contributed by atoms with van der Waals surface area (Å²) in [7, 11) is 0. The van der Waals surface area contributed by atoms with Crippen molar-refractivity contribution in [1.29, 1.82) is 0 Å². The number of anilines is 1. The Kier molecular flexibility index (Phi) is 4.33. The number of nitrogens with zero attached hydrogens (tertiary/aromatic N) is 3. The molecule has 1 fully saturated rings. The third-order valence-electron chi connectivity index (χ3n) is 5.13. The van der Waals surface area contributed by atoms with Crippen molar-refractivity contribution >= 4 is 16.7 Å². The molecule has 3 heterocycles. The monoisotopic (exact) mass is 390 g/mol. The van der Waals surface area contributed by atoms with Gasteiger partial charge in [0.1, 0.15) is 17.4 Å². The van der Waals surface area contributed by atoms with Gasteiger partial charge in [-0.15, -0.1) is 0 Å². The van der Waals surface area contributed by atoms with Gasteiger partial charge in [0.05, 0.1) is 17.3 Å². The highest BCUT2D eigenvalue weighted by Crippen LogP contribution is 2.33. The number of aromatic nitrogens is 4. The zero-order valence-corrected chi connectivity index (χ0v) is 15.5. The third kappa shape index (κ3) is 3.38. The summed E-state index contributed by atoms with van der Waals surface area (Å²) >= 11 is 0. The van der Waals surface area contributed by atoms with E-state index in [1.807, 2.05) is 24.4 Å². The maximum atomic E-state index is 13.8. The summed E-state index contributed by atoms with van der Waals surface area (Å²) in [5, 5.41) is 24.7. The second-order valence-corrected chi connectivity index (χ2v) is 7.11. The Morgan fingerprint density at radius 3 is 2.83 bits per heavy atom. The van der Waals surface area contributed by atoms with E-state index in [4.69, 9.17) is 0 Å². The van der Waals surface area contributed by atoms with E-state index in [9.17, 15) is 9.50 Å². The Morgan fingerprint density at radius 2 is 2.03 bits per heavy atom. The molecule has 0 spiro atoms. The van der Waals surface area contributed by atoms with E-state index in [1.54, 1.807) is 6.20 Å². The number of H-pyrrole nitrogens is 1. The van der Waals surface area contributed by atoms with Crippen LogP contribution in [0.15, 0.2) is 48.8 Å². The van der Waals surface area contributed by atoms with Gasteiger partial charge in [0.15, 0.2) is 5.82 Å². The summed E-state index contributed by atoms with van der Waals surface area (Å²) in [5.41, 5.74) is 2.85. The minimum Gasteiger partial charge on any atom is -0.507 e. The molecule has 2 aromatic carbocycles. The summed E-state index contributed by atoms with van der Waals surface area (Å²) in [6.45, 7) is 1.79. The van der Waals surface area contributed by atoms with Crippen molar-refractivity contribution in [2.24, 2.45) is 0 Å². The van der Waals surface area contributed by atoms with E-state index in [1.165, 1.54) is 18.2 Å². The molecule has 0 saturated carbocycles. The van der Waals surface area contributed by atoms with Crippen LogP contribution in [0.1, 0.15) is 6.42 Å². The predicted molar refractivity (Wildman–Crippen MR) is 109 cm³/mol. The van der Waals surface area contributed by atoms with E-state index in [0.717, 1.165) is 36.0 Å². The highest BCUT2D eigenvalue weighted by molar-refractivity contribution is 5.93. The Balaban J connectivity index is 1.68. The Morgan fingerprint density at radius 1 is 1.10 bits per heavy atom. The van der Waals surface area contributed by atoms with Gasteiger partial charge < -0.3 is 15.7 Å². The Hall–Kier alpha value is -3.52. The largest absolute Gasteiger partial charge is 0.507 e. The number of hydrogen-bond donors (Lipinski definition) is 4. The van der Waals surface area contributed by atoms with Crippen LogP contribution in [0.5, 0.6) is 5.75 Å². The number of phenols is 1. The van der Waals surface area contributed by atoms with Crippen LogP contribution < -0.4 is 10.6 Å². The molecule has 4 aromatic rings.